The van der Waals surface area contributed by atoms with Crippen molar-refractivity contribution < 1.29 is 33.3 Å². The molecule has 0 N–H and O–H groups in total. The number of fused-ring (bicyclic) bond motifs is 1. The molecule has 29 heavy (non-hydrogen) atoms. The van der Waals surface area contributed by atoms with Gasteiger partial charge in [-0.05, 0) is 19.1 Å². The third kappa shape index (κ3) is 4.64. The molecule has 0 amide bonds. The summed E-state index contributed by atoms with van der Waals surface area (Å²) in [4.78, 5) is 39.3. The maximum absolute atomic E-state index is 11.9. The Morgan fingerprint density at radius 1 is 1.14 bits per heavy atom. The van der Waals surface area contributed by atoms with Crippen LogP contribution in [0.2, 0.25) is 0 Å². The Balaban J connectivity index is 1.94. The van der Waals surface area contributed by atoms with Crippen LogP contribution in [0.3, 0.4) is 0 Å². The lowest BCUT2D eigenvalue weighted by Gasteiger charge is -2.46. The van der Waals surface area contributed by atoms with Crippen molar-refractivity contribution in [3.05, 3.63) is 30.7 Å². The molecule has 1 aliphatic rings. The molecule has 1 saturated heterocycles. The zero-order valence-electron chi connectivity index (χ0n) is 16.5. The van der Waals surface area contributed by atoms with Gasteiger partial charge in [-0.2, -0.15) is 0 Å². The molecule has 0 spiro atoms. The number of hydrogen-bond acceptors (Lipinski definition) is 9. The minimum absolute atomic E-state index is 0.298. The van der Waals surface area contributed by atoms with Gasteiger partial charge in [0.05, 0.1) is 6.20 Å². The van der Waals surface area contributed by atoms with Gasteiger partial charge >= 0.3 is 17.9 Å². The number of aromatic nitrogens is 2. The van der Waals surface area contributed by atoms with E-state index in [2.05, 4.69) is 4.98 Å². The Kier molecular flexibility index (Phi) is 6.02. The van der Waals surface area contributed by atoms with E-state index in [1.807, 2.05) is 0 Å². The van der Waals surface area contributed by atoms with Crippen LogP contribution in [0, 0.1) is 0 Å². The Hall–Kier alpha value is -2.75. The summed E-state index contributed by atoms with van der Waals surface area (Å²) in [5.41, 5.74) is -1.36. The maximum Gasteiger partial charge on any atom is 0.303 e. The van der Waals surface area contributed by atoms with Crippen LogP contribution in [0.5, 0.6) is 5.75 Å². The van der Waals surface area contributed by atoms with Crippen molar-refractivity contribution in [2.24, 2.45) is 0 Å². The zero-order valence-corrected chi connectivity index (χ0v) is 17.3. The fraction of sp³-hybridized carbons (Fsp3) is 0.474. The van der Waals surface area contributed by atoms with Gasteiger partial charge in [0, 0.05) is 38.9 Å². The van der Waals surface area contributed by atoms with Crippen molar-refractivity contribution in [2.45, 2.75) is 50.9 Å². The number of pyridine rings is 1. The lowest BCUT2D eigenvalue weighted by atomic mass is 9.94. The zero-order chi connectivity index (χ0) is 21.2. The first-order valence-corrected chi connectivity index (χ1v) is 9.99. The lowest BCUT2D eigenvalue weighted by molar-refractivity contribution is -0.208. The SMILES string of the molecule is CC(=O)O[C@@H]1CS[C@@H](Oc2ccc3nccn3c2)[C@](C)(OC(C)=O)[C@H]1OC(C)=O. The number of carbonyl (C=O) groups excluding carboxylic acids is 3. The number of ether oxygens (including phenoxy) is 4. The van der Waals surface area contributed by atoms with Crippen LogP contribution in [0.25, 0.3) is 5.65 Å². The highest BCUT2D eigenvalue weighted by Crippen LogP contribution is 2.41. The van der Waals surface area contributed by atoms with Gasteiger partial charge in [-0.15, -0.1) is 11.8 Å². The molecule has 0 aromatic carbocycles. The second-order valence-electron chi connectivity index (χ2n) is 6.80. The number of rotatable bonds is 5. The largest absolute Gasteiger partial charge is 0.474 e. The van der Waals surface area contributed by atoms with Crippen molar-refractivity contribution in [1.82, 2.24) is 9.38 Å². The number of carbonyl (C=O) groups is 3. The normalized spacial score (nSPS) is 26.6. The second-order valence-corrected chi connectivity index (χ2v) is 7.89. The third-order valence-electron chi connectivity index (χ3n) is 4.36. The van der Waals surface area contributed by atoms with E-state index in [1.54, 1.807) is 42.0 Å². The van der Waals surface area contributed by atoms with Gasteiger partial charge in [-0.1, -0.05) is 0 Å². The summed E-state index contributed by atoms with van der Waals surface area (Å²) in [7, 11) is 0. The van der Waals surface area contributed by atoms with Gasteiger partial charge in [0.25, 0.3) is 0 Å². The highest BCUT2D eigenvalue weighted by Gasteiger charge is 2.57. The molecule has 10 heteroatoms. The molecule has 0 saturated carbocycles. The van der Waals surface area contributed by atoms with Gasteiger partial charge in [-0.3, -0.25) is 14.4 Å². The molecular formula is C19H22N2O7S. The average molecular weight is 422 g/mol. The third-order valence-corrected chi connectivity index (χ3v) is 5.75. The van der Waals surface area contributed by atoms with Crippen LogP contribution < -0.4 is 4.74 Å². The molecule has 0 unspecified atom stereocenters. The number of imidazole rings is 1. The fourth-order valence-electron chi connectivity index (χ4n) is 3.28. The van der Waals surface area contributed by atoms with Crippen LogP contribution in [-0.4, -0.2) is 56.3 Å². The van der Waals surface area contributed by atoms with E-state index in [1.165, 1.54) is 32.5 Å². The number of esters is 3. The Bertz CT molecular complexity index is 930. The minimum Gasteiger partial charge on any atom is -0.474 e. The molecule has 0 bridgehead atoms. The molecule has 156 valence electrons. The Morgan fingerprint density at radius 2 is 1.86 bits per heavy atom. The van der Waals surface area contributed by atoms with Crippen LogP contribution in [0.15, 0.2) is 30.7 Å². The molecule has 3 heterocycles. The number of hydrogen-bond donors (Lipinski definition) is 0. The van der Waals surface area contributed by atoms with E-state index in [9.17, 15) is 14.4 Å². The van der Waals surface area contributed by atoms with E-state index >= 15 is 0 Å². The van der Waals surface area contributed by atoms with E-state index < -0.39 is 41.2 Å². The molecule has 1 aliphatic heterocycles. The summed E-state index contributed by atoms with van der Waals surface area (Å²) in [6, 6.07) is 3.54. The summed E-state index contributed by atoms with van der Waals surface area (Å²) in [6.07, 6.45) is 3.37. The molecule has 2 aromatic rings. The van der Waals surface area contributed by atoms with Crippen LogP contribution >= 0.6 is 11.8 Å². The summed E-state index contributed by atoms with van der Waals surface area (Å²) >= 11 is 1.30. The molecular weight excluding hydrogens is 400 g/mol. The van der Waals surface area contributed by atoms with E-state index in [0.29, 0.717) is 11.5 Å². The average Bonchev–Trinajstić information content (AvgIpc) is 3.07. The highest BCUT2D eigenvalue weighted by molar-refractivity contribution is 7.99. The van der Waals surface area contributed by atoms with Gasteiger partial charge in [-0.25, -0.2) is 4.98 Å². The van der Waals surface area contributed by atoms with E-state index in [4.69, 9.17) is 18.9 Å². The van der Waals surface area contributed by atoms with Crippen LogP contribution in [0.1, 0.15) is 27.7 Å². The molecule has 9 nitrogen and oxygen atoms in total. The van der Waals surface area contributed by atoms with Crippen LogP contribution in [-0.2, 0) is 28.6 Å². The molecule has 1 fully saturated rings. The van der Waals surface area contributed by atoms with Gasteiger partial charge in [0.2, 0.25) is 0 Å². The summed E-state index contributed by atoms with van der Waals surface area (Å²) < 4.78 is 24.3. The second kappa shape index (κ2) is 8.32. The van der Waals surface area contributed by atoms with Crippen LogP contribution in [0.4, 0.5) is 0 Å². The van der Waals surface area contributed by atoms with Crippen molar-refractivity contribution in [2.75, 3.05) is 5.75 Å². The predicted molar refractivity (Wildman–Crippen MR) is 103 cm³/mol. The standard InChI is InChI=1S/C19H22N2O7S/c1-11(22)25-15-10-29-18(19(4,28-13(3)24)17(15)26-12(2)23)27-14-5-6-16-20-7-8-21(16)9-14/h5-9,15,17-18H,10H2,1-4H3/t15-,17+,18-,19-/m1/s1. The van der Waals surface area contributed by atoms with Crippen molar-refractivity contribution in [3.63, 3.8) is 0 Å². The molecule has 0 aliphatic carbocycles. The lowest BCUT2D eigenvalue weighted by Crippen LogP contribution is -2.63. The smallest absolute Gasteiger partial charge is 0.303 e. The van der Waals surface area contributed by atoms with E-state index in [0.717, 1.165) is 5.65 Å². The fourth-order valence-corrected chi connectivity index (χ4v) is 4.58. The monoisotopic (exact) mass is 422 g/mol. The maximum atomic E-state index is 11.9. The van der Waals surface area contributed by atoms with Gasteiger partial charge in [0.15, 0.2) is 23.2 Å². The first-order chi connectivity index (χ1) is 13.7. The molecule has 3 rings (SSSR count). The van der Waals surface area contributed by atoms with Crippen molar-refractivity contribution >= 4 is 35.3 Å². The topological polar surface area (TPSA) is 105 Å². The van der Waals surface area contributed by atoms with Crippen molar-refractivity contribution in [3.8, 4) is 5.75 Å². The number of nitrogens with zero attached hydrogens (tertiary/aromatic N) is 2. The first kappa shape index (κ1) is 21.0. The summed E-state index contributed by atoms with van der Waals surface area (Å²) in [5, 5.41) is 0. The molecule has 2 aromatic heterocycles. The van der Waals surface area contributed by atoms with Crippen molar-refractivity contribution in [1.29, 1.82) is 0 Å². The summed E-state index contributed by atoms with van der Waals surface area (Å²) in [5.74, 6) is -0.878. The molecule has 4 atom stereocenters. The molecule has 0 radical (unpaired) electrons. The Labute approximate surface area is 171 Å². The van der Waals surface area contributed by atoms with Gasteiger partial charge < -0.3 is 23.3 Å². The highest BCUT2D eigenvalue weighted by atomic mass is 32.2. The minimum atomic E-state index is -1.40. The van der Waals surface area contributed by atoms with Gasteiger partial charge in [0.1, 0.15) is 11.4 Å². The number of thioether (sulfide) groups is 1. The Morgan fingerprint density at radius 3 is 2.52 bits per heavy atom. The quantitative estimate of drug-likeness (QED) is 0.528. The summed E-state index contributed by atoms with van der Waals surface area (Å²) in [6.45, 7) is 5.36. The predicted octanol–water partition coefficient (Wildman–Crippen LogP) is 1.97. The van der Waals surface area contributed by atoms with E-state index in [-0.39, 0.29) is 0 Å². The first-order valence-electron chi connectivity index (χ1n) is 8.94.